The summed E-state index contributed by atoms with van der Waals surface area (Å²) in [4.78, 5) is 9.64. The molecule has 0 aliphatic carbocycles. The van der Waals surface area contributed by atoms with Gasteiger partial charge in [-0.05, 0) is 79.7 Å². The van der Waals surface area contributed by atoms with Crippen molar-refractivity contribution in [1.29, 1.82) is 0 Å². The quantitative estimate of drug-likeness (QED) is 0.193. The SMILES string of the molecule is CCn1c(C(O)(c2ccccc2)c2ncccc2C)nc2ccc(CCCO[Si](C)(C)C(C)(C)C)cc21. The van der Waals surface area contributed by atoms with Crippen molar-refractivity contribution in [3.05, 3.63) is 95.1 Å². The number of fused-ring (bicyclic) bond motifs is 1. The van der Waals surface area contributed by atoms with Crippen molar-refractivity contribution in [2.24, 2.45) is 0 Å². The molecule has 0 aliphatic heterocycles. The van der Waals surface area contributed by atoms with E-state index < -0.39 is 13.9 Å². The van der Waals surface area contributed by atoms with Crippen molar-refractivity contribution >= 4 is 19.4 Å². The molecule has 2 heterocycles. The van der Waals surface area contributed by atoms with Gasteiger partial charge in [0.1, 0.15) is 0 Å². The van der Waals surface area contributed by atoms with E-state index in [0.717, 1.165) is 41.6 Å². The van der Waals surface area contributed by atoms with Crippen molar-refractivity contribution < 1.29 is 9.53 Å². The lowest BCUT2D eigenvalue weighted by Gasteiger charge is -2.36. The molecule has 0 aliphatic rings. The first-order valence-corrected chi connectivity index (χ1v) is 16.2. The van der Waals surface area contributed by atoms with E-state index in [-0.39, 0.29) is 5.04 Å². The lowest BCUT2D eigenvalue weighted by atomic mass is 9.86. The van der Waals surface area contributed by atoms with Gasteiger partial charge >= 0.3 is 0 Å². The lowest BCUT2D eigenvalue weighted by molar-refractivity contribution is 0.106. The fourth-order valence-corrected chi connectivity index (χ4v) is 5.74. The van der Waals surface area contributed by atoms with Crippen LogP contribution in [0.5, 0.6) is 0 Å². The number of benzene rings is 2. The fourth-order valence-electron chi connectivity index (χ4n) is 4.66. The first-order chi connectivity index (χ1) is 17.5. The van der Waals surface area contributed by atoms with Crippen LogP contribution in [0.4, 0.5) is 0 Å². The van der Waals surface area contributed by atoms with E-state index >= 15 is 0 Å². The second kappa shape index (κ2) is 10.5. The number of rotatable bonds is 9. The van der Waals surface area contributed by atoms with Crippen LogP contribution in [0.15, 0.2) is 66.9 Å². The monoisotopic (exact) mass is 515 g/mol. The Morgan fingerprint density at radius 2 is 1.73 bits per heavy atom. The minimum absolute atomic E-state index is 0.220. The highest BCUT2D eigenvalue weighted by atomic mass is 28.4. The molecule has 0 amide bonds. The maximum absolute atomic E-state index is 12.4. The number of pyridine rings is 1. The minimum atomic E-state index is -1.74. The summed E-state index contributed by atoms with van der Waals surface area (Å²) < 4.78 is 8.52. The largest absolute Gasteiger partial charge is 0.417 e. The molecule has 0 radical (unpaired) electrons. The number of aromatic nitrogens is 3. The van der Waals surface area contributed by atoms with Gasteiger partial charge in [-0.3, -0.25) is 4.98 Å². The fraction of sp³-hybridized carbons (Fsp3) is 0.419. The zero-order valence-electron chi connectivity index (χ0n) is 23.4. The Morgan fingerprint density at radius 1 is 1.00 bits per heavy atom. The van der Waals surface area contributed by atoms with Crippen molar-refractivity contribution in [2.75, 3.05) is 6.61 Å². The minimum Gasteiger partial charge on any atom is -0.417 e. The van der Waals surface area contributed by atoms with Crippen LogP contribution in [0, 0.1) is 6.92 Å². The molecule has 2 aromatic heterocycles. The Labute approximate surface area is 222 Å². The maximum Gasteiger partial charge on any atom is 0.191 e. The predicted octanol–water partition coefficient (Wildman–Crippen LogP) is 7.00. The molecule has 4 rings (SSSR count). The summed E-state index contributed by atoms with van der Waals surface area (Å²) in [5, 5.41) is 12.7. The molecule has 6 heteroatoms. The summed E-state index contributed by atoms with van der Waals surface area (Å²) >= 11 is 0. The van der Waals surface area contributed by atoms with Crippen LogP contribution in [-0.2, 0) is 23.0 Å². The third-order valence-corrected chi connectivity index (χ3v) is 12.4. The summed E-state index contributed by atoms with van der Waals surface area (Å²) in [5.74, 6) is 0.594. The molecule has 0 bridgehead atoms. The summed E-state index contributed by atoms with van der Waals surface area (Å²) in [7, 11) is -1.74. The zero-order chi connectivity index (χ0) is 26.8. The molecular weight excluding hydrogens is 474 g/mol. The van der Waals surface area contributed by atoms with E-state index in [4.69, 9.17) is 9.41 Å². The highest BCUT2D eigenvalue weighted by Gasteiger charge is 2.41. The van der Waals surface area contributed by atoms with Crippen LogP contribution in [0.1, 0.15) is 62.3 Å². The molecule has 2 aromatic carbocycles. The molecular formula is C31H41N3O2Si. The average Bonchev–Trinajstić information content (AvgIpc) is 3.25. The normalized spacial score (nSPS) is 14.2. The third kappa shape index (κ3) is 5.28. The molecule has 0 saturated heterocycles. The molecule has 37 heavy (non-hydrogen) atoms. The van der Waals surface area contributed by atoms with E-state index in [1.165, 1.54) is 5.56 Å². The van der Waals surface area contributed by atoms with E-state index in [0.29, 0.717) is 18.1 Å². The Kier molecular flexibility index (Phi) is 7.74. The van der Waals surface area contributed by atoms with Crippen LogP contribution in [-0.4, -0.2) is 34.6 Å². The van der Waals surface area contributed by atoms with Gasteiger partial charge in [0.25, 0.3) is 0 Å². The summed E-state index contributed by atoms with van der Waals surface area (Å²) in [5.41, 5.74) is 3.97. The Morgan fingerprint density at radius 3 is 2.38 bits per heavy atom. The van der Waals surface area contributed by atoms with E-state index in [1.807, 2.05) is 49.4 Å². The predicted molar refractivity (Wildman–Crippen MR) is 154 cm³/mol. The van der Waals surface area contributed by atoms with E-state index in [9.17, 15) is 5.11 Å². The van der Waals surface area contributed by atoms with Gasteiger partial charge in [-0.2, -0.15) is 0 Å². The van der Waals surface area contributed by atoms with Gasteiger partial charge < -0.3 is 14.1 Å². The first kappa shape index (κ1) is 27.2. The van der Waals surface area contributed by atoms with Gasteiger partial charge in [-0.1, -0.05) is 63.2 Å². The molecule has 1 atom stereocenters. The maximum atomic E-state index is 12.4. The summed E-state index contributed by atoms with van der Waals surface area (Å²) in [6.07, 6.45) is 3.66. The zero-order valence-corrected chi connectivity index (χ0v) is 24.4. The number of aryl methyl sites for hydroxylation is 3. The third-order valence-electron chi connectivity index (χ3n) is 7.88. The molecule has 196 valence electrons. The first-order valence-electron chi connectivity index (χ1n) is 13.3. The van der Waals surface area contributed by atoms with E-state index in [1.54, 1.807) is 6.20 Å². The highest BCUT2D eigenvalue weighted by Crippen LogP contribution is 2.39. The van der Waals surface area contributed by atoms with Crippen molar-refractivity contribution in [2.45, 2.75) is 77.7 Å². The Balaban J connectivity index is 1.70. The van der Waals surface area contributed by atoms with Crippen molar-refractivity contribution in [1.82, 2.24) is 14.5 Å². The molecule has 1 N–H and O–H groups in total. The number of aliphatic hydroxyl groups is 1. The van der Waals surface area contributed by atoms with Crippen LogP contribution in [0.2, 0.25) is 18.1 Å². The van der Waals surface area contributed by atoms with Gasteiger partial charge in [0.2, 0.25) is 0 Å². The Hall–Kier alpha value is -2.80. The standard InChI is InChI=1S/C31H41N3O2Si/c1-8-34-27-22-24(15-13-21-36-37(6,7)30(3,4)5)18-19-26(27)33-29(34)31(35,25-16-10-9-11-17-25)28-23(2)14-12-20-32-28/h9-12,14,16-20,22,35H,8,13,15,21H2,1-7H3. The molecule has 4 aromatic rings. The lowest BCUT2D eigenvalue weighted by Crippen LogP contribution is -2.41. The average molecular weight is 516 g/mol. The Bertz CT molecular complexity index is 1360. The molecule has 0 spiro atoms. The van der Waals surface area contributed by atoms with Gasteiger partial charge in [0.05, 0.1) is 16.7 Å². The van der Waals surface area contributed by atoms with Crippen LogP contribution < -0.4 is 0 Å². The highest BCUT2D eigenvalue weighted by molar-refractivity contribution is 6.74. The summed E-state index contributed by atoms with van der Waals surface area (Å²) in [6, 6.07) is 20.1. The topological polar surface area (TPSA) is 60.2 Å². The molecule has 5 nitrogen and oxygen atoms in total. The second-order valence-electron chi connectivity index (χ2n) is 11.5. The van der Waals surface area contributed by atoms with Gasteiger partial charge in [0, 0.05) is 19.3 Å². The van der Waals surface area contributed by atoms with Crippen molar-refractivity contribution in [3.8, 4) is 0 Å². The number of hydrogen-bond donors (Lipinski definition) is 1. The molecule has 1 unspecified atom stereocenters. The van der Waals surface area contributed by atoms with Crippen LogP contribution >= 0.6 is 0 Å². The van der Waals surface area contributed by atoms with Crippen LogP contribution in [0.3, 0.4) is 0 Å². The number of hydrogen-bond acceptors (Lipinski definition) is 4. The number of imidazole rings is 1. The van der Waals surface area contributed by atoms with Crippen LogP contribution in [0.25, 0.3) is 11.0 Å². The molecule has 0 fully saturated rings. The number of nitrogens with zero attached hydrogens (tertiary/aromatic N) is 3. The summed E-state index contributed by atoms with van der Waals surface area (Å²) in [6.45, 7) is 17.0. The van der Waals surface area contributed by atoms with Gasteiger partial charge in [-0.25, -0.2) is 4.98 Å². The van der Waals surface area contributed by atoms with Gasteiger partial charge in [0.15, 0.2) is 19.7 Å². The van der Waals surface area contributed by atoms with Crippen molar-refractivity contribution in [3.63, 3.8) is 0 Å². The second-order valence-corrected chi connectivity index (χ2v) is 16.3. The molecule has 0 saturated carbocycles. The smallest absolute Gasteiger partial charge is 0.191 e. The van der Waals surface area contributed by atoms with Gasteiger partial charge in [-0.15, -0.1) is 0 Å². The van der Waals surface area contributed by atoms with E-state index in [2.05, 4.69) is 68.5 Å².